The molecule has 0 aliphatic heterocycles. The zero-order chi connectivity index (χ0) is 15.8. The first-order valence-electron chi connectivity index (χ1n) is 6.24. The summed E-state index contributed by atoms with van der Waals surface area (Å²) in [6.45, 7) is 0. The van der Waals surface area contributed by atoms with Gasteiger partial charge < -0.3 is 14.7 Å². The molecule has 114 valence electrons. The van der Waals surface area contributed by atoms with Crippen LogP contribution in [-0.2, 0) is 0 Å². The largest absolute Gasteiger partial charge is 0.369 e. The van der Waals surface area contributed by atoms with Crippen molar-refractivity contribution in [2.24, 2.45) is 15.0 Å². The molecule has 0 unspecified atom stereocenters. The third-order valence-corrected chi connectivity index (χ3v) is 1.81. The minimum Gasteiger partial charge on any atom is -0.369 e. The predicted molar refractivity (Wildman–Crippen MR) is 85.3 cm³/mol. The maximum atomic E-state index is 4.15. The second-order valence-electron chi connectivity index (χ2n) is 4.86. The zero-order valence-electron chi connectivity index (χ0n) is 13.3. The Morgan fingerprint density at radius 2 is 0.810 bits per heavy atom. The van der Waals surface area contributed by atoms with Crippen LogP contribution in [0, 0.1) is 0 Å². The molecule has 0 amide bonds. The molecule has 0 aromatic carbocycles. The molecule has 0 fully saturated rings. The van der Waals surface area contributed by atoms with Crippen molar-refractivity contribution >= 4 is 36.9 Å². The quantitative estimate of drug-likeness (QED) is 0.561. The first-order valence-corrected chi connectivity index (χ1v) is 6.24. The Hall–Kier alpha value is -2.58. The van der Waals surface area contributed by atoms with Crippen molar-refractivity contribution < 1.29 is 0 Å². The lowest BCUT2D eigenvalue weighted by Gasteiger charge is -2.04. The molecule has 0 aliphatic carbocycles. The average molecular weight is 291 g/mol. The Morgan fingerprint density at radius 3 is 1.00 bits per heavy atom. The summed E-state index contributed by atoms with van der Waals surface area (Å²) in [6, 6.07) is 0. The van der Waals surface area contributed by atoms with Crippen molar-refractivity contribution in [2.75, 3.05) is 42.3 Å². The summed E-state index contributed by atoms with van der Waals surface area (Å²) in [6.07, 6.45) is 4.82. The SMILES string of the molecule is CN(C)C=Nc1nc(N=CN(C)C)nc(N=CN(C)C)n1. The Morgan fingerprint density at radius 1 is 0.571 bits per heavy atom. The molecule has 0 spiro atoms. The van der Waals surface area contributed by atoms with Gasteiger partial charge in [0.15, 0.2) is 0 Å². The summed E-state index contributed by atoms with van der Waals surface area (Å²) in [5, 5.41) is 0. The van der Waals surface area contributed by atoms with E-state index >= 15 is 0 Å². The fraction of sp³-hybridized carbons (Fsp3) is 0.500. The summed E-state index contributed by atoms with van der Waals surface area (Å²) in [5.41, 5.74) is 0. The van der Waals surface area contributed by atoms with Crippen LogP contribution in [0.5, 0.6) is 0 Å². The molecule has 1 aromatic rings. The van der Waals surface area contributed by atoms with Crippen LogP contribution in [0.25, 0.3) is 0 Å². The van der Waals surface area contributed by atoms with Crippen LogP contribution in [0.3, 0.4) is 0 Å². The molecule has 0 saturated carbocycles. The van der Waals surface area contributed by atoms with Crippen LogP contribution in [0.4, 0.5) is 17.8 Å². The average Bonchev–Trinajstić information content (AvgIpc) is 2.40. The smallest absolute Gasteiger partial charge is 0.257 e. The maximum Gasteiger partial charge on any atom is 0.257 e. The second kappa shape index (κ2) is 7.88. The highest BCUT2D eigenvalue weighted by molar-refractivity contribution is 5.62. The first-order chi connectivity index (χ1) is 9.86. The van der Waals surface area contributed by atoms with Gasteiger partial charge in [-0.05, 0) is 0 Å². The molecule has 0 aliphatic rings. The third kappa shape index (κ3) is 6.95. The Kier molecular flexibility index (Phi) is 6.18. The lowest BCUT2D eigenvalue weighted by molar-refractivity contribution is 0.640. The van der Waals surface area contributed by atoms with Gasteiger partial charge in [-0.2, -0.15) is 15.0 Å². The second-order valence-corrected chi connectivity index (χ2v) is 4.86. The van der Waals surface area contributed by atoms with E-state index in [1.54, 1.807) is 33.7 Å². The van der Waals surface area contributed by atoms with Gasteiger partial charge in [-0.1, -0.05) is 0 Å². The summed E-state index contributed by atoms with van der Waals surface area (Å²) in [4.78, 5) is 30.2. The Labute approximate surface area is 124 Å². The van der Waals surface area contributed by atoms with E-state index in [0.29, 0.717) is 0 Å². The van der Waals surface area contributed by atoms with Crippen LogP contribution in [0.2, 0.25) is 0 Å². The highest BCUT2D eigenvalue weighted by Gasteiger charge is 2.03. The molecule has 9 nitrogen and oxygen atoms in total. The van der Waals surface area contributed by atoms with Crippen molar-refractivity contribution in [3.05, 3.63) is 0 Å². The lowest BCUT2D eigenvalue weighted by atomic mass is 10.8. The minimum atomic E-state index is 0.260. The molecule has 1 aromatic heterocycles. The number of aliphatic imine (C=N–C) groups is 3. The van der Waals surface area contributed by atoms with Crippen molar-refractivity contribution in [2.45, 2.75) is 0 Å². The van der Waals surface area contributed by atoms with Crippen molar-refractivity contribution in [1.82, 2.24) is 29.7 Å². The van der Waals surface area contributed by atoms with E-state index in [1.807, 2.05) is 42.3 Å². The van der Waals surface area contributed by atoms with Crippen LogP contribution in [-0.4, -0.2) is 91.0 Å². The Balaban J connectivity index is 3.12. The monoisotopic (exact) mass is 291 g/mol. The van der Waals surface area contributed by atoms with Gasteiger partial charge in [-0.3, -0.25) is 0 Å². The number of hydrogen-bond donors (Lipinski definition) is 0. The molecular weight excluding hydrogens is 270 g/mol. The molecule has 9 heteroatoms. The van der Waals surface area contributed by atoms with E-state index in [-0.39, 0.29) is 17.8 Å². The number of rotatable bonds is 6. The highest BCUT2D eigenvalue weighted by Crippen LogP contribution is 2.15. The molecule has 0 atom stereocenters. The van der Waals surface area contributed by atoms with Gasteiger partial charge in [0.25, 0.3) is 17.8 Å². The van der Waals surface area contributed by atoms with Crippen molar-refractivity contribution in [3.63, 3.8) is 0 Å². The van der Waals surface area contributed by atoms with Gasteiger partial charge in [0, 0.05) is 42.3 Å². The number of nitrogens with zero attached hydrogens (tertiary/aromatic N) is 9. The topological polar surface area (TPSA) is 85.5 Å². The fourth-order valence-electron chi connectivity index (χ4n) is 1.02. The number of aromatic nitrogens is 3. The van der Waals surface area contributed by atoms with Crippen molar-refractivity contribution in [1.29, 1.82) is 0 Å². The van der Waals surface area contributed by atoms with Gasteiger partial charge in [0.05, 0.1) is 19.0 Å². The van der Waals surface area contributed by atoms with E-state index in [9.17, 15) is 0 Å². The maximum absolute atomic E-state index is 4.15. The molecule has 0 saturated heterocycles. The van der Waals surface area contributed by atoms with Crippen LogP contribution >= 0.6 is 0 Å². The van der Waals surface area contributed by atoms with Gasteiger partial charge >= 0.3 is 0 Å². The van der Waals surface area contributed by atoms with E-state index in [0.717, 1.165) is 0 Å². The molecule has 1 rings (SSSR count). The standard InChI is InChI=1S/C12H21N9/c1-19(2)7-13-10-16-11(14-8-20(3)4)18-12(17-10)15-9-21(5)6/h7-9H,1-6H3. The first kappa shape index (κ1) is 16.5. The van der Waals surface area contributed by atoms with Gasteiger partial charge in [-0.15, -0.1) is 0 Å². The third-order valence-electron chi connectivity index (χ3n) is 1.81. The summed E-state index contributed by atoms with van der Waals surface area (Å²) >= 11 is 0. The summed E-state index contributed by atoms with van der Waals surface area (Å²) in [5.74, 6) is 0.779. The predicted octanol–water partition coefficient (Wildman–Crippen LogP) is 0.536. The summed E-state index contributed by atoms with van der Waals surface area (Å²) in [7, 11) is 11.2. The van der Waals surface area contributed by atoms with E-state index in [1.165, 1.54) is 0 Å². The zero-order valence-corrected chi connectivity index (χ0v) is 13.3. The molecule has 1 heterocycles. The molecule has 0 bridgehead atoms. The summed E-state index contributed by atoms with van der Waals surface area (Å²) < 4.78 is 0. The Bertz CT molecular complexity index is 443. The van der Waals surface area contributed by atoms with E-state index < -0.39 is 0 Å². The molecule has 21 heavy (non-hydrogen) atoms. The van der Waals surface area contributed by atoms with Gasteiger partial charge in [0.2, 0.25) is 0 Å². The molecule has 0 radical (unpaired) electrons. The minimum absolute atomic E-state index is 0.260. The van der Waals surface area contributed by atoms with E-state index in [2.05, 4.69) is 29.9 Å². The van der Waals surface area contributed by atoms with Crippen LogP contribution < -0.4 is 0 Å². The normalized spacial score (nSPS) is 11.7. The van der Waals surface area contributed by atoms with Crippen LogP contribution in [0.1, 0.15) is 0 Å². The number of hydrogen-bond acceptors (Lipinski definition) is 6. The van der Waals surface area contributed by atoms with Crippen molar-refractivity contribution in [3.8, 4) is 0 Å². The van der Waals surface area contributed by atoms with E-state index in [4.69, 9.17) is 0 Å². The van der Waals surface area contributed by atoms with Gasteiger partial charge in [-0.25, -0.2) is 15.0 Å². The van der Waals surface area contributed by atoms with Crippen LogP contribution in [0.15, 0.2) is 15.0 Å². The molecular formula is C12H21N9. The lowest BCUT2D eigenvalue weighted by Crippen LogP contribution is -2.08. The fourth-order valence-corrected chi connectivity index (χ4v) is 1.02. The highest BCUT2D eigenvalue weighted by atomic mass is 15.3. The molecule has 0 N–H and O–H groups in total. The van der Waals surface area contributed by atoms with Gasteiger partial charge in [0.1, 0.15) is 0 Å².